The van der Waals surface area contributed by atoms with Crippen LogP contribution in [0.1, 0.15) is 5.56 Å². The van der Waals surface area contributed by atoms with Gasteiger partial charge in [-0.3, -0.25) is 4.79 Å². The van der Waals surface area contributed by atoms with Gasteiger partial charge in [0.15, 0.2) is 0 Å². The van der Waals surface area contributed by atoms with E-state index in [1.807, 2.05) is 30.3 Å². The summed E-state index contributed by atoms with van der Waals surface area (Å²) < 4.78 is 0. The zero-order valence-electron chi connectivity index (χ0n) is 9.43. The molecule has 17 heavy (non-hydrogen) atoms. The molecule has 1 atom stereocenters. The highest BCUT2D eigenvalue weighted by molar-refractivity contribution is 5.85. The molecule has 1 aromatic rings. The lowest BCUT2D eigenvalue weighted by atomic mass is 10.1. The van der Waals surface area contributed by atoms with Crippen molar-refractivity contribution in [3.05, 3.63) is 35.9 Å². The minimum Gasteiger partial charge on any atom is -0.383 e. The van der Waals surface area contributed by atoms with Crippen LogP contribution in [-0.2, 0) is 11.2 Å². The van der Waals surface area contributed by atoms with Gasteiger partial charge >= 0.3 is 0 Å². The van der Waals surface area contributed by atoms with Crippen molar-refractivity contribution in [1.82, 2.24) is 10.6 Å². The van der Waals surface area contributed by atoms with Gasteiger partial charge in [-0.15, -0.1) is 12.4 Å². The SMILES string of the molecule is Cl.O=C(NC1CNC1)[C@@H](O)Cc1ccccc1. The quantitative estimate of drug-likeness (QED) is 0.716. The van der Waals surface area contributed by atoms with Gasteiger partial charge in [0.2, 0.25) is 5.91 Å². The molecule has 0 radical (unpaired) electrons. The smallest absolute Gasteiger partial charge is 0.249 e. The van der Waals surface area contributed by atoms with E-state index in [-0.39, 0.29) is 24.4 Å². The van der Waals surface area contributed by atoms with Crippen molar-refractivity contribution in [2.24, 2.45) is 0 Å². The van der Waals surface area contributed by atoms with Crippen LogP contribution in [-0.4, -0.2) is 36.2 Å². The number of rotatable bonds is 4. The third-order valence-corrected chi connectivity index (χ3v) is 2.70. The van der Waals surface area contributed by atoms with Crippen LogP contribution in [0.15, 0.2) is 30.3 Å². The molecule has 0 spiro atoms. The third-order valence-electron chi connectivity index (χ3n) is 2.70. The van der Waals surface area contributed by atoms with Crippen LogP contribution in [0.3, 0.4) is 0 Å². The predicted octanol–water partition coefficient (Wildman–Crippen LogP) is 0.0998. The van der Waals surface area contributed by atoms with Gasteiger partial charge in [-0.05, 0) is 5.56 Å². The number of hydrogen-bond donors (Lipinski definition) is 3. The fraction of sp³-hybridized carbons (Fsp3) is 0.417. The number of aliphatic hydroxyl groups excluding tert-OH is 1. The number of aliphatic hydroxyl groups is 1. The lowest BCUT2D eigenvalue weighted by Crippen LogP contribution is -2.58. The first kappa shape index (κ1) is 14.0. The number of halogens is 1. The molecule has 1 saturated heterocycles. The number of carbonyl (C=O) groups excluding carboxylic acids is 1. The van der Waals surface area contributed by atoms with Crippen molar-refractivity contribution in [3.8, 4) is 0 Å². The molecular weight excluding hydrogens is 240 g/mol. The Kier molecular flexibility index (Phi) is 5.41. The summed E-state index contributed by atoms with van der Waals surface area (Å²) in [5.41, 5.74) is 0.969. The molecule has 1 aromatic carbocycles. The van der Waals surface area contributed by atoms with Crippen LogP contribution >= 0.6 is 12.4 Å². The van der Waals surface area contributed by atoms with E-state index < -0.39 is 6.10 Å². The first-order valence-electron chi connectivity index (χ1n) is 5.49. The molecule has 0 bridgehead atoms. The highest BCUT2D eigenvalue weighted by Crippen LogP contribution is 2.03. The Morgan fingerprint density at radius 2 is 2.06 bits per heavy atom. The highest BCUT2D eigenvalue weighted by atomic mass is 35.5. The van der Waals surface area contributed by atoms with Crippen molar-refractivity contribution >= 4 is 18.3 Å². The lowest BCUT2D eigenvalue weighted by Gasteiger charge is -2.28. The second-order valence-corrected chi connectivity index (χ2v) is 4.07. The predicted molar refractivity (Wildman–Crippen MR) is 68.2 cm³/mol. The van der Waals surface area contributed by atoms with Gasteiger partial charge in [0.05, 0.1) is 6.04 Å². The van der Waals surface area contributed by atoms with Crippen molar-refractivity contribution < 1.29 is 9.90 Å². The largest absolute Gasteiger partial charge is 0.383 e. The Labute approximate surface area is 107 Å². The molecule has 1 aliphatic rings. The first-order valence-corrected chi connectivity index (χ1v) is 5.49. The van der Waals surface area contributed by atoms with Gasteiger partial charge in [-0.2, -0.15) is 0 Å². The summed E-state index contributed by atoms with van der Waals surface area (Å²) in [5.74, 6) is -0.282. The maximum atomic E-state index is 11.6. The molecule has 1 aliphatic heterocycles. The fourth-order valence-electron chi connectivity index (χ4n) is 1.62. The van der Waals surface area contributed by atoms with Crippen LogP contribution in [0.25, 0.3) is 0 Å². The maximum Gasteiger partial charge on any atom is 0.249 e. The molecule has 0 saturated carbocycles. The number of carbonyl (C=O) groups is 1. The second-order valence-electron chi connectivity index (χ2n) is 4.07. The minimum atomic E-state index is -0.956. The highest BCUT2D eigenvalue weighted by Gasteiger charge is 2.22. The van der Waals surface area contributed by atoms with Crippen molar-refractivity contribution in [2.75, 3.05) is 13.1 Å². The van der Waals surface area contributed by atoms with E-state index in [1.54, 1.807) is 0 Å². The third kappa shape index (κ3) is 4.00. The average Bonchev–Trinajstić information content (AvgIpc) is 2.24. The van der Waals surface area contributed by atoms with Gasteiger partial charge in [0.25, 0.3) is 0 Å². The van der Waals surface area contributed by atoms with E-state index in [2.05, 4.69) is 10.6 Å². The first-order chi connectivity index (χ1) is 7.75. The zero-order valence-corrected chi connectivity index (χ0v) is 10.2. The number of benzene rings is 1. The summed E-state index contributed by atoms with van der Waals surface area (Å²) >= 11 is 0. The molecule has 2 rings (SSSR count). The van der Waals surface area contributed by atoms with Crippen molar-refractivity contribution in [3.63, 3.8) is 0 Å². The molecule has 1 fully saturated rings. The van der Waals surface area contributed by atoms with Gasteiger partial charge in [-0.25, -0.2) is 0 Å². The monoisotopic (exact) mass is 256 g/mol. The Hall–Kier alpha value is -1.10. The summed E-state index contributed by atoms with van der Waals surface area (Å²) in [6.07, 6.45) is -0.588. The molecule has 0 unspecified atom stereocenters. The molecule has 4 nitrogen and oxygen atoms in total. The zero-order chi connectivity index (χ0) is 11.4. The van der Waals surface area contributed by atoms with Crippen LogP contribution in [0, 0.1) is 0 Å². The summed E-state index contributed by atoms with van der Waals surface area (Å²) in [6, 6.07) is 9.70. The number of hydrogen-bond acceptors (Lipinski definition) is 3. The topological polar surface area (TPSA) is 61.4 Å². The van der Waals surface area contributed by atoms with E-state index in [4.69, 9.17) is 0 Å². The van der Waals surface area contributed by atoms with E-state index in [0.29, 0.717) is 6.42 Å². The van der Waals surface area contributed by atoms with Crippen LogP contribution in [0.4, 0.5) is 0 Å². The standard InChI is InChI=1S/C12H16N2O2.ClH/c15-11(6-9-4-2-1-3-5-9)12(16)14-10-7-13-8-10;/h1-5,10-11,13,15H,6-8H2,(H,14,16);1H/t11-;/m0./s1. The maximum absolute atomic E-state index is 11.6. The number of nitrogens with one attached hydrogen (secondary N) is 2. The Balaban J connectivity index is 0.00000144. The molecule has 3 N–H and O–H groups in total. The molecule has 0 aromatic heterocycles. The van der Waals surface area contributed by atoms with Gasteiger partial charge in [-0.1, -0.05) is 30.3 Å². The summed E-state index contributed by atoms with van der Waals surface area (Å²) in [5, 5.41) is 15.6. The Morgan fingerprint density at radius 3 is 2.59 bits per heavy atom. The lowest BCUT2D eigenvalue weighted by molar-refractivity contribution is -0.130. The summed E-state index contributed by atoms with van der Waals surface area (Å²) in [7, 11) is 0. The molecule has 94 valence electrons. The van der Waals surface area contributed by atoms with E-state index >= 15 is 0 Å². The molecule has 1 heterocycles. The molecule has 5 heteroatoms. The Morgan fingerprint density at radius 1 is 1.41 bits per heavy atom. The second kappa shape index (κ2) is 6.59. The summed E-state index contributed by atoms with van der Waals surface area (Å²) in [4.78, 5) is 11.6. The minimum absolute atomic E-state index is 0. The van der Waals surface area contributed by atoms with Gasteiger partial charge in [0, 0.05) is 19.5 Å². The fourth-order valence-corrected chi connectivity index (χ4v) is 1.62. The number of amides is 1. The normalized spacial score (nSPS) is 16.5. The Bertz CT molecular complexity index is 355. The molecule has 0 aliphatic carbocycles. The molecule has 1 amide bonds. The van der Waals surface area contributed by atoms with Crippen molar-refractivity contribution in [2.45, 2.75) is 18.6 Å². The average molecular weight is 257 g/mol. The van der Waals surface area contributed by atoms with Gasteiger partial charge in [0.1, 0.15) is 6.10 Å². The van der Waals surface area contributed by atoms with Crippen LogP contribution in [0.2, 0.25) is 0 Å². The van der Waals surface area contributed by atoms with Crippen LogP contribution < -0.4 is 10.6 Å². The van der Waals surface area contributed by atoms with Gasteiger partial charge < -0.3 is 15.7 Å². The van der Waals surface area contributed by atoms with E-state index in [1.165, 1.54) is 0 Å². The van der Waals surface area contributed by atoms with E-state index in [0.717, 1.165) is 18.7 Å². The molecular formula is C12H17ClN2O2. The van der Waals surface area contributed by atoms with Crippen LogP contribution in [0.5, 0.6) is 0 Å². The van der Waals surface area contributed by atoms with E-state index in [9.17, 15) is 9.90 Å². The van der Waals surface area contributed by atoms with Crippen molar-refractivity contribution in [1.29, 1.82) is 0 Å². The summed E-state index contributed by atoms with van der Waals surface area (Å²) in [6.45, 7) is 1.59.